The zero-order valence-corrected chi connectivity index (χ0v) is 11.4. The lowest BCUT2D eigenvalue weighted by atomic mass is 10.1. The van der Waals surface area contributed by atoms with Crippen molar-refractivity contribution in [1.29, 1.82) is 0 Å². The highest BCUT2D eigenvalue weighted by atomic mass is 19.3. The summed E-state index contributed by atoms with van der Waals surface area (Å²) in [5.74, 6) is 0.774. The van der Waals surface area contributed by atoms with Crippen molar-refractivity contribution in [2.45, 2.75) is 25.2 Å². The first kappa shape index (κ1) is 12.5. The number of rotatable bonds is 3. The van der Waals surface area contributed by atoms with Gasteiger partial charge in [-0.15, -0.1) is 0 Å². The highest BCUT2D eigenvalue weighted by Crippen LogP contribution is 2.44. The van der Waals surface area contributed by atoms with E-state index in [-0.39, 0.29) is 5.56 Å². The summed E-state index contributed by atoms with van der Waals surface area (Å²) < 4.78 is 33.8. The average molecular weight is 289 g/mol. The monoisotopic (exact) mass is 289 g/mol. The molecule has 6 heteroatoms. The largest absolute Gasteiger partial charge is 0.463 e. The maximum absolute atomic E-state index is 13.5. The van der Waals surface area contributed by atoms with E-state index in [0.29, 0.717) is 28.4 Å². The number of hydrogen-bond acceptors (Lipinski definition) is 3. The number of nitrogens with zero attached hydrogens (tertiary/aromatic N) is 3. The number of pyridine rings is 1. The van der Waals surface area contributed by atoms with Gasteiger partial charge in [-0.05, 0) is 31.0 Å². The number of aryl methyl sites for hydroxylation is 1. The second kappa shape index (κ2) is 4.38. The summed E-state index contributed by atoms with van der Waals surface area (Å²) in [5, 5.41) is 4.91. The fourth-order valence-corrected chi connectivity index (χ4v) is 2.67. The summed E-state index contributed by atoms with van der Waals surface area (Å²) in [5.41, 5.74) is 1.64. The minimum atomic E-state index is -2.56. The van der Waals surface area contributed by atoms with Crippen LogP contribution in [0.1, 0.15) is 36.4 Å². The smallest absolute Gasteiger partial charge is 0.264 e. The Morgan fingerprint density at radius 2 is 2.19 bits per heavy atom. The predicted octanol–water partition coefficient (Wildman–Crippen LogP) is 4.04. The van der Waals surface area contributed by atoms with Crippen LogP contribution in [0.25, 0.3) is 22.5 Å². The minimum absolute atomic E-state index is 0.0126. The van der Waals surface area contributed by atoms with Crippen molar-refractivity contribution in [3.05, 3.63) is 35.7 Å². The van der Waals surface area contributed by atoms with E-state index in [2.05, 4.69) is 10.1 Å². The van der Waals surface area contributed by atoms with E-state index in [9.17, 15) is 8.78 Å². The average Bonchev–Trinajstić information content (AvgIpc) is 3.05. The van der Waals surface area contributed by atoms with Crippen LogP contribution in [-0.2, 0) is 7.05 Å². The lowest BCUT2D eigenvalue weighted by Crippen LogP contribution is -1.96. The van der Waals surface area contributed by atoms with Crippen molar-refractivity contribution < 1.29 is 13.2 Å². The summed E-state index contributed by atoms with van der Waals surface area (Å²) in [6, 6.07) is 4.84. The summed E-state index contributed by atoms with van der Waals surface area (Å²) in [4.78, 5) is 4.46. The van der Waals surface area contributed by atoms with E-state index >= 15 is 0 Å². The SMILES string of the molecule is Cn1nc(C2CC2)c2c(C(F)F)cc(-c3ccco3)nc21. The molecule has 0 saturated heterocycles. The van der Waals surface area contributed by atoms with Crippen molar-refractivity contribution in [3.63, 3.8) is 0 Å². The molecule has 0 radical (unpaired) electrons. The van der Waals surface area contributed by atoms with Gasteiger partial charge in [0.05, 0.1) is 17.3 Å². The van der Waals surface area contributed by atoms with E-state index in [1.807, 2.05) is 0 Å². The molecule has 0 amide bonds. The first-order chi connectivity index (χ1) is 10.1. The molecule has 1 aliphatic carbocycles. The van der Waals surface area contributed by atoms with Crippen LogP contribution in [0.5, 0.6) is 0 Å². The third-order valence-electron chi connectivity index (χ3n) is 3.82. The van der Waals surface area contributed by atoms with Crippen LogP contribution >= 0.6 is 0 Å². The molecule has 3 heterocycles. The summed E-state index contributed by atoms with van der Waals surface area (Å²) >= 11 is 0. The van der Waals surface area contributed by atoms with E-state index < -0.39 is 6.43 Å². The predicted molar refractivity (Wildman–Crippen MR) is 73.1 cm³/mol. The number of halogens is 2. The van der Waals surface area contributed by atoms with Gasteiger partial charge in [0, 0.05) is 18.5 Å². The highest BCUT2D eigenvalue weighted by molar-refractivity contribution is 5.86. The molecule has 1 aliphatic rings. The number of aromatic nitrogens is 3. The van der Waals surface area contributed by atoms with Gasteiger partial charge in [0.25, 0.3) is 6.43 Å². The minimum Gasteiger partial charge on any atom is -0.463 e. The number of furan rings is 1. The van der Waals surface area contributed by atoms with Gasteiger partial charge in [-0.3, -0.25) is 4.68 Å². The number of alkyl halides is 2. The maximum atomic E-state index is 13.5. The fourth-order valence-electron chi connectivity index (χ4n) is 2.67. The van der Waals surface area contributed by atoms with Crippen LogP contribution in [0.3, 0.4) is 0 Å². The first-order valence-corrected chi connectivity index (χ1v) is 6.84. The second-order valence-electron chi connectivity index (χ2n) is 5.36. The summed E-state index contributed by atoms with van der Waals surface area (Å²) in [6.07, 6.45) is 0.955. The second-order valence-corrected chi connectivity index (χ2v) is 5.36. The Hall–Kier alpha value is -2.24. The third kappa shape index (κ3) is 1.93. The molecule has 21 heavy (non-hydrogen) atoms. The molecule has 3 aromatic heterocycles. The molecule has 0 N–H and O–H groups in total. The van der Waals surface area contributed by atoms with Crippen molar-refractivity contribution in [2.24, 2.45) is 7.05 Å². The Morgan fingerprint density at radius 3 is 2.81 bits per heavy atom. The van der Waals surface area contributed by atoms with Gasteiger partial charge >= 0.3 is 0 Å². The lowest BCUT2D eigenvalue weighted by molar-refractivity contribution is 0.153. The molecule has 108 valence electrons. The normalized spacial score (nSPS) is 15.2. The Kier molecular flexibility index (Phi) is 2.60. The first-order valence-electron chi connectivity index (χ1n) is 6.84. The van der Waals surface area contributed by atoms with E-state index in [0.717, 1.165) is 18.5 Å². The summed E-state index contributed by atoms with van der Waals surface area (Å²) in [6.45, 7) is 0. The van der Waals surface area contributed by atoms with Crippen LogP contribution in [0.4, 0.5) is 8.78 Å². The van der Waals surface area contributed by atoms with Crippen LogP contribution < -0.4 is 0 Å². The van der Waals surface area contributed by atoms with Crippen molar-refractivity contribution in [1.82, 2.24) is 14.8 Å². The third-order valence-corrected chi connectivity index (χ3v) is 3.82. The Bertz CT molecular complexity index is 804. The molecule has 0 aliphatic heterocycles. The quantitative estimate of drug-likeness (QED) is 0.730. The van der Waals surface area contributed by atoms with Gasteiger partial charge in [0.2, 0.25) is 0 Å². The Morgan fingerprint density at radius 1 is 1.38 bits per heavy atom. The van der Waals surface area contributed by atoms with Crippen LogP contribution in [-0.4, -0.2) is 14.8 Å². The molecule has 1 saturated carbocycles. The molecular formula is C15H13F2N3O. The molecule has 0 spiro atoms. The molecule has 0 aromatic carbocycles. The number of hydrogen-bond donors (Lipinski definition) is 0. The molecule has 4 rings (SSSR count). The van der Waals surface area contributed by atoms with Gasteiger partial charge in [0.15, 0.2) is 11.4 Å². The molecule has 0 unspecified atom stereocenters. The molecule has 1 fully saturated rings. The van der Waals surface area contributed by atoms with Crippen molar-refractivity contribution >= 4 is 11.0 Å². The Balaban J connectivity index is 2.02. The molecule has 0 atom stereocenters. The zero-order chi connectivity index (χ0) is 14.6. The van der Waals surface area contributed by atoms with Gasteiger partial charge in [-0.2, -0.15) is 5.10 Å². The maximum Gasteiger partial charge on any atom is 0.264 e. The van der Waals surface area contributed by atoms with Crippen molar-refractivity contribution in [2.75, 3.05) is 0 Å². The van der Waals surface area contributed by atoms with Gasteiger partial charge in [-0.25, -0.2) is 13.8 Å². The van der Waals surface area contributed by atoms with Gasteiger partial charge in [-0.1, -0.05) is 0 Å². The summed E-state index contributed by atoms with van der Waals surface area (Å²) in [7, 11) is 1.74. The zero-order valence-electron chi connectivity index (χ0n) is 11.4. The molecule has 0 bridgehead atoms. The van der Waals surface area contributed by atoms with Crippen LogP contribution in [0.2, 0.25) is 0 Å². The standard InChI is InChI=1S/C15H13F2N3O/c1-20-15-12(13(19-20)8-4-5-8)9(14(16)17)7-10(18-15)11-3-2-6-21-11/h2-3,6-8,14H,4-5H2,1H3. The lowest BCUT2D eigenvalue weighted by Gasteiger charge is -2.06. The topological polar surface area (TPSA) is 43.9 Å². The molecule has 4 nitrogen and oxygen atoms in total. The van der Waals surface area contributed by atoms with E-state index in [1.54, 1.807) is 23.9 Å². The molecule has 3 aromatic rings. The van der Waals surface area contributed by atoms with Crippen LogP contribution in [0.15, 0.2) is 28.9 Å². The Labute approximate surface area is 119 Å². The van der Waals surface area contributed by atoms with Gasteiger partial charge in [0.1, 0.15) is 5.69 Å². The molecular weight excluding hydrogens is 276 g/mol. The highest BCUT2D eigenvalue weighted by Gasteiger charge is 2.32. The number of fused-ring (bicyclic) bond motifs is 1. The van der Waals surface area contributed by atoms with Gasteiger partial charge < -0.3 is 4.42 Å². The van der Waals surface area contributed by atoms with Crippen LogP contribution in [0, 0.1) is 0 Å². The fraction of sp³-hybridized carbons (Fsp3) is 0.333. The van der Waals surface area contributed by atoms with E-state index in [1.165, 1.54) is 12.3 Å². The van der Waals surface area contributed by atoms with E-state index in [4.69, 9.17) is 4.42 Å². The van der Waals surface area contributed by atoms with Crippen molar-refractivity contribution in [3.8, 4) is 11.5 Å².